The fourth-order valence-electron chi connectivity index (χ4n) is 1.15. The highest BCUT2D eigenvalue weighted by Gasteiger charge is 2.11. The summed E-state index contributed by atoms with van der Waals surface area (Å²) in [6.07, 6.45) is 4.55. The van der Waals surface area contributed by atoms with Crippen LogP contribution in [0.5, 0.6) is 0 Å². The van der Waals surface area contributed by atoms with Crippen molar-refractivity contribution >= 4 is 0 Å². The lowest BCUT2D eigenvalue weighted by atomic mass is 10.1. The number of hydrogen-bond acceptors (Lipinski definition) is 3. The van der Waals surface area contributed by atoms with Gasteiger partial charge in [-0.1, -0.05) is 19.8 Å². The molecule has 0 saturated carbocycles. The van der Waals surface area contributed by atoms with Gasteiger partial charge in [0.25, 0.3) is 11.1 Å². The first kappa shape index (κ1) is 9.77. The summed E-state index contributed by atoms with van der Waals surface area (Å²) in [5, 5.41) is 11.0. The summed E-state index contributed by atoms with van der Waals surface area (Å²) in [6.45, 7) is 2.07. The summed E-state index contributed by atoms with van der Waals surface area (Å²) >= 11 is 0. The molecule has 4 nitrogen and oxygen atoms in total. The highest BCUT2D eigenvalue weighted by molar-refractivity contribution is 4.94. The molecular formula is C9H13NO3. The van der Waals surface area contributed by atoms with Crippen LogP contribution in [0.4, 0.5) is 0 Å². The molecule has 0 unspecified atom stereocenters. The third kappa shape index (κ3) is 2.57. The van der Waals surface area contributed by atoms with Gasteiger partial charge in [0.2, 0.25) is 0 Å². The number of rotatable bonds is 4. The van der Waals surface area contributed by atoms with E-state index in [4.69, 9.17) is 0 Å². The van der Waals surface area contributed by atoms with Gasteiger partial charge in [-0.2, -0.15) is 0 Å². The Morgan fingerprint density at radius 2 is 2.31 bits per heavy atom. The quantitative estimate of drug-likeness (QED) is 0.517. The minimum absolute atomic E-state index is 0.205. The molecule has 0 aliphatic rings. The highest BCUT2D eigenvalue weighted by Crippen LogP contribution is 1.98. The van der Waals surface area contributed by atoms with E-state index in [1.54, 1.807) is 0 Å². The van der Waals surface area contributed by atoms with Crippen LogP contribution in [0.3, 0.4) is 0 Å². The fraction of sp³-hybridized carbons (Fsp3) is 0.556. The summed E-state index contributed by atoms with van der Waals surface area (Å²) in [5.74, 6) is 0. The first-order valence-corrected chi connectivity index (χ1v) is 4.46. The van der Waals surface area contributed by atoms with Gasteiger partial charge >= 0.3 is 0 Å². The Morgan fingerprint density at radius 1 is 1.54 bits per heavy atom. The summed E-state index contributed by atoms with van der Waals surface area (Å²) in [7, 11) is 0. The zero-order valence-electron chi connectivity index (χ0n) is 7.66. The largest absolute Gasteiger partial charge is 0.375 e. The Hall–Kier alpha value is -1.32. The monoisotopic (exact) mass is 183 g/mol. The molecule has 1 rings (SSSR count). The van der Waals surface area contributed by atoms with E-state index in [2.05, 4.69) is 11.4 Å². The number of hydrogen-bond donors (Lipinski definition) is 0. The van der Waals surface area contributed by atoms with E-state index in [9.17, 15) is 10.0 Å². The van der Waals surface area contributed by atoms with Crippen molar-refractivity contribution in [1.29, 1.82) is 0 Å². The van der Waals surface area contributed by atoms with Crippen LogP contribution in [-0.4, -0.2) is 0 Å². The third-order valence-electron chi connectivity index (χ3n) is 1.90. The van der Waals surface area contributed by atoms with E-state index in [1.807, 2.05) is 0 Å². The highest BCUT2D eigenvalue weighted by atomic mass is 16.7. The molecule has 0 saturated heterocycles. The maximum atomic E-state index is 11.2. The molecular weight excluding hydrogens is 170 g/mol. The molecule has 0 aliphatic carbocycles. The Kier molecular flexibility index (Phi) is 3.49. The smallest absolute Gasteiger partial charge is 0.292 e. The van der Waals surface area contributed by atoms with Crippen LogP contribution in [0.2, 0.25) is 0 Å². The zero-order chi connectivity index (χ0) is 9.68. The van der Waals surface area contributed by atoms with E-state index < -0.39 is 0 Å². The normalized spacial score (nSPS) is 10.2. The van der Waals surface area contributed by atoms with Crippen LogP contribution in [0.25, 0.3) is 0 Å². The molecule has 1 aromatic rings. The van der Waals surface area contributed by atoms with E-state index >= 15 is 0 Å². The van der Waals surface area contributed by atoms with E-state index in [1.165, 1.54) is 6.07 Å². The van der Waals surface area contributed by atoms with Gasteiger partial charge in [-0.3, -0.25) is 10.0 Å². The lowest BCUT2D eigenvalue weighted by molar-refractivity contribution is -0.805. The maximum absolute atomic E-state index is 11.2. The van der Waals surface area contributed by atoms with Crippen molar-refractivity contribution in [2.75, 3.05) is 0 Å². The number of nitrogens with zero attached hydrogens (tertiary/aromatic N) is 1. The second kappa shape index (κ2) is 4.64. The second-order valence-electron chi connectivity index (χ2n) is 2.93. The Labute approximate surface area is 76.4 Å². The van der Waals surface area contributed by atoms with Crippen molar-refractivity contribution in [3.63, 3.8) is 0 Å². The van der Waals surface area contributed by atoms with Crippen LogP contribution in [0.15, 0.2) is 21.6 Å². The van der Waals surface area contributed by atoms with Crippen molar-refractivity contribution in [1.82, 2.24) is 0 Å². The van der Waals surface area contributed by atoms with Gasteiger partial charge in [0.1, 0.15) is 0 Å². The molecule has 1 heterocycles. The van der Waals surface area contributed by atoms with Gasteiger partial charge in [0, 0.05) is 23.7 Å². The summed E-state index contributed by atoms with van der Waals surface area (Å²) < 4.78 is 4.53. The molecule has 0 radical (unpaired) electrons. The molecule has 0 amide bonds. The summed E-state index contributed by atoms with van der Waals surface area (Å²) in [6, 6.07) is 1.27. The second-order valence-corrected chi connectivity index (χ2v) is 2.93. The molecule has 0 aromatic carbocycles. The van der Waals surface area contributed by atoms with E-state index in [0.29, 0.717) is 11.3 Å². The van der Waals surface area contributed by atoms with Crippen molar-refractivity contribution in [2.24, 2.45) is 0 Å². The lowest BCUT2D eigenvalue weighted by Gasteiger charge is -1.97. The molecule has 0 spiro atoms. The SMILES string of the molecule is CCCCCc1c(=O)cco[n+]1[O-]. The average molecular weight is 183 g/mol. The predicted octanol–water partition coefficient (Wildman–Crippen LogP) is 1.01. The van der Waals surface area contributed by atoms with Crippen LogP contribution in [-0.2, 0) is 6.42 Å². The van der Waals surface area contributed by atoms with Crippen LogP contribution < -0.4 is 10.3 Å². The topological polar surface area (TPSA) is 57.2 Å². The van der Waals surface area contributed by atoms with Crippen molar-refractivity contribution in [3.8, 4) is 0 Å². The predicted molar refractivity (Wildman–Crippen MR) is 47.2 cm³/mol. The minimum atomic E-state index is -0.239. The Bertz CT molecular complexity index is 319. The van der Waals surface area contributed by atoms with Crippen LogP contribution in [0, 0.1) is 5.21 Å². The van der Waals surface area contributed by atoms with E-state index in [-0.39, 0.29) is 11.1 Å². The van der Waals surface area contributed by atoms with E-state index in [0.717, 1.165) is 25.5 Å². The molecule has 1 aromatic heterocycles. The Morgan fingerprint density at radius 3 is 2.92 bits per heavy atom. The first-order chi connectivity index (χ1) is 6.25. The standard InChI is InChI=1S/C9H13NO3/c1-2-3-4-5-8-9(11)6-7-13-10(8)12/h6-7H,2-5H2,1H3. The minimum Gasteiger partial charge on any atom is -0.375 e. The van der Waals surface area contributed by atoms with Gasteiger partial charge in [0.15, 0.2) is 0 Å². The molecule has 0 atom stereocenters. The van der Waals surface area contributed by atoms with Crippen LogP contribution >= 0.6 is 0 Å². The number of unbranched alkanes of at least 4 members (excludes halogenated alkanes) is 2. The number of aromatic nitrogens is 1. The third-order valence-corrected chi connectivity index (χ3v) is 1.90. The first-order valence-electron chi connectivity index (χ1n) is 4.46. The summed E-state index contributed by atoms with van der Waals surface area (Å²) in [4.78, 5) is 11.5. The van der Waals surface area contributed by atoms with Gasteiger partial charge in [-0.05, 0) is 6.42 Å². The molecule has 0 fully saturated rings. The molecule has 72 valence electrons. The van der Waals surface area contributed by atoms with Crippen molar-refractivity contribution in [2.45, 2.75) is 32.6 Å². The fourth-order valence-corrected chi connectivity index (χ4v) is 1.15. The summed E-state index contributed by atoms with van der Waals surface area (Å²) in [5.41, 5.74) is -0.0340. The average Bonchev–Trinajstić information content (AvgIpc) is 2.10. The van der Waals surface area contributed by atoms with Gasteiger partial charge < -0.3 is 4.52 Å². The molecule has 0 N–H and O–H groups in total. The molecule has 13 heavy (non-hydrogen) atoms. The molecule has 0 bridgehead atoms. The van der Waals surface area contributed by atoms with Crippen LogP contribution in [0.1, 0.15) is 31.9 Å². The zero-order valence-corrected chi connectivity index (χ0v) is 7.66. The maximum Gasteiger partial charge on any atom is 0.292 e. The van der Waals surface area contributed by atoms with Gasteiger partial charge in [-0.25, -0.2) is 0 Å². The molecule has 0 aliphatic heterocycles. The Balaban J connectivity index is 2.70. The van der Waals surface area contributed by atoms with Crippen molar-refractivity contribution in [3.05, 3.63) is 33.5 Å². The lowest BCUT2D eigenvalue weighted by Crippen LogP contribution is -2.37. The molecule has 4 heteroatoms. The van der Waals surface area contributed by atoms with Gasteiger partial charge in [-0.15, -0.1) is 0 Å². The van der Waals surface area contributed by atoms with Gasteiger partial charge in [0.05, 0.1) is 0 Å². The van der Waals surface area contributed by atoms with Crippen molar-refractivity contribution < 1.29 is 9.43 Å².